The van der Waals surface area contributed by atoms with E-state index in [1.54, 1.807) is 7.11 Å². The molecule has 0 aliphatic carbocycles. The van der Waals surface area contributed by atoms with E-state index in [0.29, 0.717) is 12.6 Å². The lowest BCUT2D eigenvalue weighted by Gasteiger charge is -2.29. The quantitative estimate of drug-likeness (QED) is 0.810. The highest BCUT2D eigenvalue weighted by molar-refractivity contribution is 5.56. The molecule has 5 nitrogen and oxygen atoms in total. The van der Waals surface area contributed by atoms with Crippen molar-refractivity contribution in [3.05, 3.63) is 30.1 Å². The van der Waals surface area contributed by atoms with Gasteiger partial charge in [-0.3, -0.25) is 0 Å². The van der Waals surface area contributed by atoms with Crippen LogP contribution >= 0.6 is 0 Å². The van der Waals surface area contributed by atoms with Crippen molar-refractivity contribution in [1.82, 2.24) is 14.7 Å². The predicted molar refractivity (Wildman–Crippen MR) is 86.9 cm³/mol. The highest BCUT2D eigenvalue weighted by Crippen LogP contribution is 2.24. The van der Waals surface area contributed by atoms with Crippen molar-refractivity contribution in [2.45, 2.75) is 32.9 Å². The zero-order valence-electron chi connectivity index (χ0n) is 13.5. The van der Waals surface area contributed by atoms with Crippen LogP contribution in [0.4, 0.5) is 5.82 Å². The SMILES string of the molecule is CCC(C)N(CCOC)c1nc2ccccn2c1CNC. The number of anilines is 1. The van der Waals surface area contributed by atoms with Gasteiger partial charge in [-0.25, -0.2) is 4.98 Å². The summed E-state index contributed by atoms with van der Waals surface area (Å²) < 4.78 is 7.43. The van der Waals surface area contributed by atoms with Gasteiger partial charge in [0.05, 0.1) is 12.3 Å². The van der Waals surface area contributed by atoms with Crippen molar-refractivity contribution in [2.24, 2.45) is 0 Å². The first-order valence-corrected chi connectivity index (χ1v) is 7.59. The van der Waals surface area contributed by atoms with E-state index in [1.165, 1.54) is 5.69 Å². The Balaban J connectivity index is 2.46. The molecule has 0 aromatic carbocycles. The zero-order valence-corrected chi connectivity index (χ0v) is 13.5. The Labute approximate surface area is 126 Å². The summed E-state index contributed by atoms with van der Waals surface area (Å²) in [6.45, 7) is 6.80. The molecular formula is C16H26N4O. The van der Waals surface area contributed by atoms with Crippen molar-refractivity contribution >= 4 is 11.5 Å². The molecule has 0 saturated heterocycles. The summed E-state index contributed by atoms with van der Waals surface area (Å²) in [6.07, 6.45) is 3.15. The highest BCUT2D eigenvalue weighted by atomic mass is 16.5. The van der Waals surface area contributed by atoms with Gasteiger partial charge in [0.1, 0.15) is 5.65 Å². The summed E-state index contributed by atoms with van der Waals surface area (Å²) in [7, 11) is 3.71. The fourth-order valence-corrected chi connectivity index (χ4v) is 2.54. The van der Waals surface area contributed by atoms with Crippen molar-refractivity contribution in [3.63, 3.8) is 0 Å². The average molecular weight is 290 g/mol. The molecule has 2 rings (SSSR count). The molecule has 0 aliphatic rings. The van der Waals surface area contributed by atoms with E-state index >= 15 is 0 Å². The summed E-state index contributed by atoms with van der Waals surface area (Å²) in [5.41, 5.74) is 2.19. The smallest absolute Gasteiger partial charge is 0.152 e. The van der Waals surface area contributed by atoms with E-state index in [1.807, 2.05) is 25.2 Å². The van der Waals surface area contributed by atoms with Gasteiger partial charge < -0.3 is 19.4 Å². The Hall–Kier alpha value is -1.59. The zero-order chi connectivity index (χ0) is 15.2. The van der Waals surface area contributed by atoms with Gasteiger partial charge >= 0.3 is 0 Å². The van der Waals surface area contributed by atoms with Crippen LogP contribution in [0, 0.1) is 0 Å². The van der Waals surface area contributed by atoms with Gasteiger partial charge in [0.2, 0.25) is 0 Å². The number of nitrogens with one attached hydrogen (secondary N) is 1. The van der Waals surface area contributed by atoms with E-state index < -0.39 is 0 Å². The van der Waals surface area contributed by atoms with Gasteiger partial charge in [0.15, 0.2) is 5.82 Å². The Bertz CT molecular complexity index is 566. The minimum absolute atomic E-state index is 0.431. The van der Waals surface area contributed by atoms with Crippen LogP contribution in [0.5, 0.6) is 0 Å². The van der Waals surface area contributed by atoms with Crippen LogP contribution < -0.4 is 10.2 Å². The Morgan fingerprint density at radius 3 is 2.90 bits per heavy atom. The molecule has 2 heterocycles. The number of fused-ring (bicyclic) bond motifs is 1. The van der Waals surface area contributed by atoms with E-state index in [-0.39, 0.29) is 0 Å². The number of pyridine rings is 1. The van der Waals surface area contributed by atoms with Crippen molar-refractivity contribution in [2.75, 3.05) is 32.2 Å². The van der Waals surface area contributed by atoms with Crippen LogP contribution in [0.15, 0.2) is 24.4 Å². The van der Waals surface area contributed by atoms with Gasteiger partial charge in [-0.1, -0.05) is 13.0 Å². The fraction of sp³-hybridized carbons (Fsp3) is 0.562. The third-order valence-electron chi connectivity index (χ3n) is 3.88. The van der Waals surface area contributed by atoms with Crippen LogP contribution in [-0.4, -0.2) is 42.7 Å². The first kappa shape index (κ1) is 15.8. The van der Waals surface area contributed by atoms with Crippen LogP contribution in [0.2, 0.25) is 0 Å². The molecule has 0 aliphatic heterocycles. The van der Waals surface area contributed by atoms with Crippen LogP contribution in [-0.2, 0) is 11.3 Å². The number of methoxy groups -OCH3 is 1. The minimum atomic E-state index is 0.431. The second-order valence-electron chi connectivity index (χ2n) is 5.28. The Kier molecular flexibility index (Phi) is 5.59. The standard InChI is InChI=1S/C16H26N4O/c1-5-13(2)19(10-11-21-4)16-14(12-17-3)20-9-7-6-8-15(20)18-16/h6-9,13,17H,5,10-12H2,1-4H3. The van der Waals surface area contributed by atoms with E-state index in [0.717, 1.165) is 31.0 Å². The van der Waals surface area contributed by atoms with Crippen molar-refractivity contribution < 1.29 is 4.74 Å². The third kappa shape index (κ3) is 3.36. The second kappa shape index (κ2) is 7.43. The molecule has 0 bridgehead atoms. The number of aromatic nitrogens is 2. The molecule has 1 atom stereocenters. The molecule has 2 aromatic heterocycles. The third-order valence-corrected chi connectivity index (χ3v) is 3.88. The second-order valence-corrected chi connectivity index (χ2v) is 5.28. The van der Waals surface area contributed by atoms with Crippen molar-refractivity contribution in [3.8, 4) is 0 Å². The molecule has 1 unspecified atom stereocenters. The molecule has 5 heteroatoms. The van der Waals surface area contributed by atoms with Crippen LogP contribution in [0.25, 0.3) is 5.65 Å². The molecule has 1 N–H and O–H groups in total. The van der Waals surface area contributed by atoms with Gasteiger partial charge in [0.25, 0.3) is 0 Å². The first-order chi connectivity index (χ1) is 10.2. The fourth-order valence-electron chi connectivity index (χ4n) is 2.54. The molecule has 116 valence electrons. The van der Waals surface area contributed by atoms with E-state index in [9.17, 15) is 0 Å². The van der Waals surface area contributed by atoms with Gasteiger partial charge in [-0.05, 0) is 32.5 Å². The molecule has 2 aromatic rings. The number of hydrogen-bond donors (Lipinski definition) is 1. The number of rotatable bonds is 8. The van der Waals surface area contributed by atoms with Gasteiger partial charge in [-0.15, -0.1) is 0 Å². The Morgan fingerprint density at radius 1 is 1.43 bits per heavy atom. The van der Waals surface area contributed by atoms with Crippen LogP contribution in [0.1, 0.15) is 26.0 Å². The number of ether oxygens (including phenoxy) is 1. The lowest BCUT2D eigenvalue weighted by molar-refractivity contribution is 0.203. The van der Waals surface area contributed by atoms with E-state index in [4.69, 9.17) is 9.72 Å². The lowest BCUT2D eigenvalue weighted by Crippen LogP contribution is -2.36. The van der Waals surface area contributed by atoms with Crippen molar-refractivity contribution in [1.29, 1.82) is 0 Å². The maximum Gasteiger partial charge on any atom is 0.152 e. The van der Waals surface area contributed by atoms with Gasteiger partial charge in [-0.2, -0.15) is 0 Å². The number of nitrogens with zero attached hydrogens (tertiary/aromatic N) is 3. The van der Waals surface area contributed by atoms with Crippen LogP contribution in [0.3, 0.4) is 0 Å². The normalized spacial score (nSPS) is 12.8. The molecule has 0 spiro atoms. The molecule has 21 heavy (non-hydrogen) atoms. The van der Waals surface area contributed by atoms with Gasteiger partial charge in [0, 0.05) is 32.4 Å². The summed E-state index contributed by atoms with van der Waals surface area (Å²) in [4.78, 5) is 7.20. The maximum absolute atomic E-state index is 5.27. The summed E-state index contributed by atoms with van der Waals surface area (Å²) in [5, 5.41) is 3.25. The maximum atomic E-state index is 5.27. The Morgan fingerprint density at radius 2 is 2.24 bits per heavy atom. The summed E-state index contributed by atoms with van der Waals surface area (Å²) >= 11 is 0. The molecule has 0 saturated carbocycles. The minimum Gasteiger partial charge on any atom is -0.383 e. The summed E-state index contributed by atoms with van der Waals surface area (Å²) in [6, 6.07) is 6.55. The highest BCUT2D eigenvalue weighted by Gasteiger charge is 2.21. The lowest BCUT2D eigenvalue weighted by atomic mass is 10.2. The topological polar surface area (TPSA) is 41.8 Å². The molecule has 0 amide bonds. The summed E-state index contributed by atoms with van der Waals surface area (Å²) in [5.74, 6) is 1.06. The first-order valence-electron chi connectivity index (χ1n) is 7.59. The number of hydrogen-bond acceptors (Lipinski definition) is 4. The monoisotopic (exact) mass is 290 g/mol. The molecule has 0 fully saturated rings. The average Bonchev–Trinajstić information content (AvgIpc) is 2.87. The van der Waals surface area contributed by atoms with E-state index in [2.05, 4.69) is 34.7 Å². The predicted octanol–water partition coefficient (Wildman–Crippen LogP) is 2.30. The number of imidazole rings is 1. The molecular weight excluding hydrogens is 264 g/mol. The largest absolute Gasteiger partial charge is 0.383 e. The molecule has 0 radical (unpaired) electrons.